The van der Waals surface area contributed by atoms with Crippen molar-refractivity contribution in [1.29, 1.82) is 0 Å². The monoisotopic (exact) mass is 345 g/mol. The van der Waals surface area contributed by atoms with Crippen LogP contribution in [0.5, 0.6) is 0 Å². The molecule has 0 saturated heterocycles. The molecule has 2 N–H and O–H groups in total. The van der Waals surface area contributed by atoms with Gasteiger partial charge in [-0.25, -0.2) is 4.39 Å². The molecule has 0 aromatic heterocycles. The first kappa shape index (κ1) is 13.7. The summed E-state index contributed by atoms with van der Waals surface area (Å²) in [4.78, 5) is 0.928. The summed E-state index contributed by atoms with van der Waals surface area (Å²) in [6, 6.07) is 10.4. The Bertz CT molecular complexity index is 577. The van der Waals surface area contributed by atoms with Crippen molar-refractivity contribution >= 4 is 45.0 Å². The summed E-state index contributed by atoms with van der Waals surface area (Å²) in [6.07, 6.45) is 0. The lowest BCUT2D eigenvalue weighted by atomic mass is 10.2. The zero-order valence-electron chi connectivity index (χ0n) is 9.29. The number of rotatable bonds is 3. The van der Waals surface area contributed by atoms with E-state index in [1.807, 2.05) is 6.07 Å². The Morgan fingerprint density at radius 1 is 1.22 bits per heavy atom. The molecule has 0 spiro atoms. The van der Waals surface area contributed by atoms with Crippen LogP contribution in [0, 0.1) is 5.82 Å². The van der Waals surface area contributed by atoms with Crippen LogP contribution >= 0.6 is 39.3 Å². The smallest absolute Gasteiger partial charge is 0.137 e. The second-order valence-electron chi connectivity index (χ2n) is 3.73. The number of anilines is 1. The van der Waals surface area contributed by atoms with Crippen LogP contribution in [0.2, 0.25) is 5.02 Å². The molecule has 5 heteroatoms. The summed E-state index contributed by atoms with van der Waals surface area (Å²) in [5.74, 6) is 0.452. The molecule has 0 aliphatic carbocycles. The van der Waals surface area contributed by atoms with E-state index in [-0.39, 0.29) is 5.82 Å². The Morgan fingerprint density at radius 3 is 2.72 bits per heavy atom. The van der Waals surface area contributed by atoms with Crippen molar-refractivity contribution < 1.29 is 4.39 Å². The Kier molecular flexibility index (Phi) is 4.54. The SMILES string of the molecule is Nc1ccc(Cl)c(SCc2ccc(F)c(Br)c2)c1. The molecule has 0 heterocycles. The zero-order valence-corrected chi connectivity index (χ0v) is 12.4. The van der Waals surface area contributed by atoms with Crippen LogP contribution in [0.1, 0.15) is 5.56 Å². The molecule has 2 aromatic carbocycles. The molecule has 2 aromatic rings. The van der Waals surface area contributed by atoms with Gasteiger partial charge in [0, 0.05) is 16.3 Å². The average Bonchev–Trinajstić information content (AvgIpc) is 2.34. The van der Waals surface area contributed by atoms with E-state index in [2.05, 4.69) is 15.9 Å². The Labute approximate surface area is 123 Å². The van der Waals surface area contributed by atoms with Gasteiger partial charge in [0.1, 0.15) is 5.82 Å². The highest BCUT2D eigenvalue weighted by Gasteiger charge is 2.04. The lowest BCUT2D eigenvalue weighted by Gasteiger charge is -2.06. The van der Waals surface area contributed by atoms with Gasteiger partial charge in [0.15, 0.2) is 0 Å². The highest BCUT2D eigenvalue weighted by Crippen LogP contribution is 2.32. The molecule has 0 amide bonds. The second kappa shape index (κ2) is 5.95. The summed E-state index contributed by atoms with van der Waals surface area (Å²) >= 11 is 10.8. The molecule has 94 valence electrons. The molecular weight excluding hydrogens is 337 g/mol. The zero-order chi connectivity index (χ0) is 13.1. The van der Waals surface area contributed by atoms with Gasteiger partial charge in [-0.3, -0.25) is 0 Å². The van der Waals surface area contributed by atoms with E-state index in [1.165, 1.54) is 6.07 Å². The predicted octanol–water partition coefficient (Wildman–Crippen LogP) is 5.12. The number of benzene rings is 2. The standard InChI is InChI=1S/C13H10BrClFNS/c14-10-5-8(1-4-12(10)16)7-18-13-6-9(17)2-3-11(13)15/h1-6H,7,17H2. The molecule has 18 heavy (non-hydrogen) atoms. The van der Waals surface area contributed by atoms with Crippen LogP contribution in [-0.2, 0) is 5.75 Å². The van der Waals surface area contributed by atoms with E-state index in [4.69, 9.17) is 17.3 Å². The summed E-state index contributed by atoms with van der Waals surface area (Å²) in [5, 5.41) is 0.676. The van der Waals surface area contributed by atoms with Crippen molar-refractivity contribution in [2.75, 3.05) is 5.73 Å². The fourth-order valence-electron chi connectivity index (χ4n) is 1.42. The fourth-order valence-corrected chi connectivity index (χ4v) is 3.06. The van der Waals surface area contributed by atoms with Crippen LogP contribution < -0.4 is 5.73 Å². The van der Waals surface area contributed by atoms with Crippen LogP contribution in [-0.4, -0.2) is 0 Å². The molecular formula is C13H10BrClFNS. The lowest BCUT2D eigenvalue weighted by molar-refractivity contribution is 0.620. The first-order valence-corrected chi connectivity index (χ1v) is 7.33. The lowest BCUT2D eigenvalue weighted by Crippen LogP contribution is -1.87. The van der Waals surface area contributed by atoms with Gasteiger partial charge in [-0.05, 0) is 51.8 Å². The van der Waals surface area contributed by atoms with Gasteiger partial charge >= 0.3 is 0 Å². The van der Waals surface area contributed by atoms with Crippen molar-refractivity contribution in [2.24, 2.45) is 0 Å². The van der Waals surface area contributed by atoms with Gasteiger partial charge in [-0.1, -0.05) is 17.7 Å². The third-order valence-electron chi connectivity index (χ3n) is 2.33. The van der Waals surface area contributed by atoms with E-state index in [9.17, 15) is 4.39 Å². The Balaban J connectivity index is 2.11. The molecule has 2 rings (SSSR count). The predicted molar refractivity (Wildman–Crippen MR) is 79.5 cm³/mol. The van der Waals surface area contributed by atoms with Gasteiger partial charge in [0.2, 0.25) is 0 Å². The van der Waals surface area contributed by atoms with Crippen molar-refractivity contribution in [3.8, 4) is 0 Å². The number of halogens is 3. The van der Waals surface area contributed by atoms with Crippen LogP contribution in [0.4, 0.5) is 10.1 Å². The van der Waals surface area contributed by atoms with Crippen molar-refractivity contribution in [2.45, 2.75) is 10.6 Å². The van der Waals surface area contributed by atoms with Crippen molar-refractivity contribution in [1.82, 2.24) is 0 Å². The molecule has 0 aliphatic rings. The number of hydrogen-bond donors (Lipinski definition) is 1. The van der Waals surface area contributed by atoms with E-state index in [0.29, 0.717) is 20.9 Å². The molecule has 0 aliphatic heterocycles. The van der Waals surface area contributed by atoms with Crippen LogP contribution in [0.15, 0.2) is 45.8 Å². The summed E-state index contributed by atoms with van der Waals surface area (Å²) in [5.41, 5.74) is 7.41. The van der Waals surface area contributed by atoms with Crippen LogP contribution in [0.3, 0.4) is 0 Å². The molecule has 0 saturated carbocycles. The van der Waals surface area contributed by atoms with E-state index < -0.39 is 0 Å². The van der Waals surface area contributed by atoms with E-state index in [0.717, 1.165) is 10.5 Å². The molecule has 0 unspecified atom stereocenters. The van der Waals surface area contributed by atoms with E-state index in [1.54, 1.807) is 36.0 Å². The number of hydrogen-bond acceptors (Lipinski definition) is 2. The maximum Gasteiger partial charge on any atom is 0.137 e. The highest BCUT2D eigenvalue weighted by atomic mass is 79.9. The van der Waals surface area contributed by atoms with Gasteiger partial charge in [-0.2, -0.15) is 0 Å². The third-order valence-corrected chi connectivity index (χ3v) is 4.51. The second-order valence-corrected chi connectivity index (χ2v) is 6.01. The van der Waals surface area contributed by atoms with Gasteiger partial charge < -0.3 is 5.73 Å². The quantitative estimate of drug-likeness (QED) is 0.617. The summed E-state index contributed by atoms with van der Waals surface area (Å²) in [6.45, 7) is 0. The molecule has 0 atom stereocenters. The topological polar surface area (TPSA) is 26.0 Å². The summed E-state index contributed by atoms with van der Waals surface area (Å²) < 4.78 is 13.6. The maximum atomic E-state index is 13.1. The molecule has 0 radical (unpaired) electrons. The molecule has 0 bridgehead atoms. The van der Waals surface area contributed by atoms with Gasteiger partial charge in [0.25, 0.3) is 0 Å². The Morgan fingerprint density at radius 2 is 2.00 bits per heavy atom. The molecule has 1 nitrogen and oxygen atoms in total. The maximum absolute atomic E-state index is 13.1. The van der Waals surface area contributed by atoms with Gasteiger partial charge in [-0.15, -0.1) is 11.8 Å². The first-order valence-electron chi connectivity index (χ1n) is 5.18. The highest BCUT2D eigenvalue weighted by molar-refractivity contribution is 9.10. The summed E-state index contributed by atoms with van der Waals surface area (Å²) in [7, 11) is 0. The largest absolute Gasteiger partial charge is 0.399 e. The first-order chi connectivity index (χ1) is 8.56. The third kappa shape index (κ3) is 3.40. The minimum atomic E-state index is -0.259. The average molecular weight is 347 g/mol. The number of nitrogens with two attached hydrogens (primary N) is 1. The van der Waals surface area contributed by atoms with Crippen molar-refractivity contribution in [3.05, 3.63) is 57.3 Å². The Hall–Kier alpha value is -0.710. The normalized spacial score (nSPS) is 10.6. The van der Waals surface area contributed by atoms with Crippen LogP contribution in [0.25, 0.3) is 0 Å². The van der Waals surface area contributed by atoms with Crippen molar-refractivity contribution in [3.63, 3.8) is 0 Å². The van der Waals surface area contributed by atoms with Gasteiger partial charge in [0.05, 0.1) is 9.50 Å². The molecule has 0 fully saturated rings. The fraction of sp³-hybridized carbons (Fsp3) is 0.0769. The van der Waals surface area contributed by atoms with E-state index >= 15 is 0 Å². The number of thioether (sulfide) groups is 1. The minimum Gasteiger partial charge on any atom is -0.399 e. The minimum absolute atomic E-state index is 0.259. The number of nitrogen functional groups attached to an aromatic ring is 1.